The molecule has 2 heterocycles. The molecule has 0 bridgehead atoms. The lowest BCUT2D eigenvalue weighted by atomic mass is 9.86. The lowest BCUT2D eigenvalue weighted by molar-refractivity contribution is 0.0691. The van der Waals surface area contributed by atoms with Gasteiger partial charge in [0.05, 0.1) is 11.0 Å². The molecule has 0 atom stereocenters. The van der Waals surface area contributed by atoms with Crippen molar-refractivity contribution in [2.24, 2.45) is 0 Å². The molecular formula is C28H29N3O2. The number of carbonyl (C=O) groups is 1. The topological polar surface area (TPSA) is 86.9 Å². The lowest BCUT2D eigenvalue weighted by Crippen LogP contribution is -2.10. The minimum absolute atomic E-state index is 0.0830. The van der Waals surface area contributed by atoms with E-state index in [0.717, 1.165) is 21.8 Å². The van der Waals surface area contributed by atoms with Gasteiger partial charge in [-0.1, -0.05) is 59.7 Å². The molecule has 0 unspecified atom stereocenters. The van der Waals surface area contributed by atoms with Crippen LogP contribution in [0.1, 0.15) is 68.9 Å². The van der Waals surface area contributed by atoms with Crippen molar-refractivity contribution in [1.82, 2.24) is 9.97 Å². The van der Waals surface area contributed by atoms with Gasteiger partial charge in [0.15, 0.2) is 0 Å². The SMILES string of the molecule is CC(C)(C)c1ccc2nc(C#N)ccc2c1.CC(C)(C)c1ccc2nc(C(=O)O)ccc2c1. The Kier molecular flexibility index (Phi) is 6.51. The summed E-state index contributed by atoms with van der Waals surface area (Å²) in [5.41, 5.74) is 4.88. The van der Waals surface area contributed by atoms with E-state index in [9.17, 15) is 4.79 Å². The maximum absolute atomic E-state index is 10.8. The molecule has 2 aromatic carbocycles. The Labute approximate surface area is 194 Å². The van der Waals surface area contributed by atoms with Crippen LogP contribution >= 0.6 is 0 Å². The van der Waals surface area contributed by atoms with E-state index >= 15 is 0 Å². The van der Waals surface area contributed by atoms with E-state index in [4.69, 9.17) is 10.4 Å². The van der Waals surface area contributed by atoms with Crippen molar-refractivity contribution < 1.29 is 9.90 Å². The van der Waals surface area contributed by atoms with Crippen LogP contribution < -0.4 is 0 Å². The minimum Gasteiger partial charge on any atom is -0.477 e. The van der Waals surface area contributed by atoms with Crippen molar-refractivity contribution in [3.8, 4) is 6.07 Å². The molecule has 0 aliphatic heterocycles. The van der Waals surface area contributed by atoms with E-state index in [1.807, 2.05) is 24.3 Å². The van der Waals surface area contributed by atoms with Gasteiger partial charge in [0.1, 0.15) is 17.5 Å². The highest BCUT2D eigenvalue weighted by molar-refractivity contribution is 5.90. The van der Waals surface area contributed by atoms with Crippen molar-refractivity contribution in [3.63, 3.8) is 0 Å². The Morgan fingerprint density at radius 3 is 1.70 bits per heavy atom. The first kappa shape index (κ1) is 23.9. The highest BCUT2D eigenvalue weighted by Gasteiger charge is 2.15. The molecule has 33 heavy (non-hydrogen) atoms. The average Bonchev–Trinajstić information content (AvgIpc) is 2.76. The summed E-state index contributed by atoms with van der Waals surface area (Å²) < 4.78 is 0. The van der Waals surface area contributed by atoms with Crippen molar-refractivity contribution in [2.45, 2.75) is 52.4 Å². The van der Waals surface area contributed by atoms with Gasteiger partial charge in [-0.15, -0.1) is 0 Å². The van der Waals surface area contributed by atoms with Gasteiger partial charge in [0.2, 0.25) is 0 Å². The molecule has 4 aromatic rings. The van der Waals surface area contributed by atoms with Crippen molar-refractivity contribution in [3.05, 3.63) is 83.2 Å². The minimum atomic E-state index is -0.994. The predicted octanol–water partition coefficient (Wildman–Crippen LogP) is 6.63. The second kappa shape index (κ2) is 8.99. The third kappa shape index (κ3) is 5.72. The molecule has 0 spiro atoms. The molecule has 0 aliphatic carbocycles. The second-order valence-corrected chi connectivity index (χ2v) is 10.1. The van der Waals surface area contributed by atoms with E-state index in [1.54, 1.807) is 12.1 Å². The van der Waals surface area contributed by atoms with Crippen LogP contribution in [0.3, 0.4) is 0 Å². The third-order valence-corrected chi connectivity index (χ3v) is 5.44. The summed E-state index contributed by atoms with van der Waals surface area (Å²) in [5, 5.41) is 19.7. The molecule has 2 aromatic heterocycles. The summed E-state index contributed by atoms with van der Waals surface area (Å²) in [6.45, 7) is 13.0. The molecule has 1 N–H and O–H groups in total. The molecule has 5 nitrogen and oxygen atoms in total. The van der Waals surface area contributed by atoms with Gasteiger partial charge in [0.25, 0.3) is 0 Å². The molecule has 0 aliphatic rings. The Hall–Kier alpha value is -3.78. The first-order chi connectivity index (χ1) is 15.4. The van der Waals surface area contributed by atoms with E-state index in [2.05, 4.69) is 75.8 Å². The van der Waals surface area contributed by atoms with Crippen LogP contribution in [0.5, 0.6) is 0 Å². The number of hydrogen-bond acceptors (Lipinski definition) is 4. The maximum Gasteiger partial charge on any atom is 0.354 e. The summed E-state index contributed by atoms with van der Waals surface area (Å²) in [6.07, 6.45) is 0. The van der Waals surface area contributed by atoms with Gasteiger partial charge >= 0.3 is 5.97 Å². The number of benzene rings is 2. The zero-order valence-electron chi connectivity index (χ0n) is 20.0. The van der Waals surface area contributed by atoms with Crippen LogP contribution in [0.4, 0.5) is 0 Å². The second-order valence-electron chi connectivity index (χ2n) is 10.1. The highest BCUT2D eigenvalue weighted by atomic mass is 16.4. The summed E-state index contributed by atoms with van der Waals surface area (Å²) >= 11 is 0. The van der Waals surface area contributed by atoms with Crippen LogP contribution in [0.25, 0.3) is 21.8 Å². The quantitative estimate of drug-likeness (QED) is 0.359. The fraction of sp³-hybridized carbons (Fsp3) is 0.286. The maximum atomic E-state index is 10.8. The molecule has 0 fully saturated rings. The largest absolute Gasteiger partial charge is 0.477 e. The third-order valence-electron chi connectivity index (χ3n) is 5.44. The van der Waals surface area contributed by atoms with Crippen LogP contribution in [0.15, 0.2) is 60.7 Å². The number of aromatic carboxylic acids is 1. The van der Waals surface area contributed by atoms with Crippen LogP contribution in [0, 0.1) is 11.3 Å². The number of nitrogens with zero attached hydrogens (tertiary/aromatic N) is 3. The van der Waals surface area contributed by atoms with Gasteiger partial charge < -0.3 is 5.11 Å². The van der Waals surface area contributed by atoms with Crippen molar-refractivity contribution >= 4 is 27.8 Å². The number of rotatable bonds is 1. The van der Waals surface area contributed by atoms with E-state index in [1.165, 1.54) is 17.2 Å². The molecule has 0 amide bonds. The summed E-state index contributed by atoms with van der Waals surface area (Å²) in [5.74, 6) is -0.994. The van der Waals surface area contributed by atoms with Crippen LogP contribution in [-0.4, -0.2) is 21.0 Å². The smallest absolute Gasteiger partial charge is 0.354 e. The van der Waals surface area contributed by atoms with E-state index in [-0.39, 0.29) is 16.5 Å². The normalized spacial score (nSPS) is 11.5. The number of fused-ring (bicyclic) bond motifs is 2. The Morgan fingerprint density at radius 2 is 1.24 bits per heavy atom. The number of aromatic nitrogens is 2. The van der Waals surface area contributed by atoms with Gasteiger partial charge in [-0.25, -0.2) is 14.8 Å². The first-order valence-corrected chi connectivity index (χ1v) is 10.8. The molecular weight excluding hydrogens is 410 g/mol. The van der Waals surface area contributed by atoms with Crippen LogP contribution in [-0.2, 0) is 10.8 Å². The molecule has 5 heteroatoms. The van der Waals surface area contributed by atoms with Gasteiger partial charge in [-0.3, -0.25) is 0 Å². The molecule has 0 radical (unpaired) electrons. The molecule has 0 saturated carbocycles. The van der Waals surface area contributed by atoms with E-state index < -0.39 is 5.97 Å². The number of nitriles is 1. The molecule has 4 rings (SSSR count). The van der Waals surface area contributed by atoms with Gasteiger partial charge in [0, 0.05) is 10.8 Å². The van der Waals surface area contributed by atoms with Gasteiger partial charge in [-0.2, -0.15) is 5.26 Å². The average molecular weight is 440 g/mol. The Balaban J connectivity index is 0.000000186. The highest BCUT2D eigenvalue weighted by Crippen LogP contribution is 2.26. The number of carboxylic acid groups (broad SMARTS) is 1. The summed E-state index contributed by atoms with van der Waals surface area (Å²) in [4.78, 5) is 19.2. The first-order valence-electron chi connectivity index (χ1n) is 10.8. The van der Waals surface area contributed by atoms with Crippen LogP contribution in [0.2, 0.25) is 0 Å². The van der Waals surface area contributed by atoms with Crippen molar-refractivity contribution in [2.75, 3.05) is 0 Å². The zero-order chi connectivity index (χ0) is 24.4. The molecule has 0 saturated heterocycles. The fourth-order valence-electron chi connectivity index (χ4n) is 3.37. The summed E-state index contributed by atoms with van der Waals surface area (Å²) in [6, 6.07) is 21.3. The van der Waals surface area contributed by atoms with E-state index in [0.29, 0.717) is 5.69 Å². The zero-order valence-corrected chi connectivity index (χ0v) is 20.0. The van der Waals surface area contributed by atoms with Crippen molar-refractivity contribution in [1.29, 1.82) is 5.26 Å². The number of carboxylic acids is 1. The standard InChI is InChI=1S/C14H14N2.C14H15NO2/c1-14(2,3)11-5-7-13-10(8-11)4-6-12(9-15)16-13;1-14(2,3)10-5-7-11-9(8-10)4-6-12(15-11)13(16)17/h4-8H,1-3H3;4-8H,1-3H3,(H,16,17). The molecule has 168 valence electrons. The monoisotopic (exact) mass is 439 g/mol. The number of hydrogen-bond donors (Lipinski definition) is 1. The fourth-order valence-corrected chi connectivity index (χ4v) is 3.37. The Bertz CT molecular complexity index is 1370. The summed E-state index contributed by atoms with van der Waals surface area (Å²) in [7, 11) is 0. The Morgan fingerprint density at radius 1 is 0.758 bits per heavy atom. The van der Waals surface area contributed by atoms with Gasteiger partial charge in [-0.05, 0) is 64.4 Å². The lowest BCUT2D eigenvalue weighted by Gasteiger charge is -2.19. The number of pyridine rings is 2. The predicted molar refractivity (Wildman–Crippen MR) is 133 cm³/mol.